The van der Waals surface area contributed by atoms with Crippen molar-refractivity contribution >= 4 is 10.0 Å². The zero-order chi connectivity index (χ0) is 15.5. The highest BCUT2D eigenvalue weighted by Gasteiger charge is 2.33. The number of nitrogens with zero attached hydrogens (tertiary/aromatic N) is 1. The Bertz CT molecular complexity index is 549. The molecule has 21 heavy (non-hydrogen) atoms. The fourth-order valence-corrected chi connectivity index (χ4v) is 4.36. The summed E-state index contributed by atoms with van der Waals surface area (Å²) < 4.78 is 27.3. The van der Waals surface area contributed by atoms with Gasteiger partial charge in [-0.15, -0.1) is 0 Å². The molecule has 0 aliphatic carbocycles. The molecule has 0 amide bonds. The van der Waals surface area contributed by atoms with Crippen molar-refractivity contribution in [1.29, 1.82) is 0 Å². The van der Waals surface area contributed by atoms with Crippen LogP contribution in [0.1, 0.15) is 40.0 Å². The summed E-state index contributed by atoms with van der Waals surface area (Å²) in [6, 6.07) is 8.80. The maximum atomic E-state index is 12.8. The van der Waals surface area contributed by atoms with E-state index in [1.807, 2.05) is 6.07 Å². The first-order valence-corrected chi connectivity index (χ1v) is 9.07. The van der Waals surface area contributed by atoms with Crippen LogP contribution in [-0.4, -0.2) is 37.4 Å². The van der Waals surface area contributed by atoms with Crippen molar-refractivity contribution in [3.05, 3.63) is 30.3 Å². The van der Waals surface area contributed by atoms with E-state index < -0.39 is 10.0 Å². The monoisotopic (exact) mass is 310 g/mol. The van der Waals surface area contributed by atoms with Gasteiger partial charge in [-0.3, -0.25) is 0 Å². The average Bonchev–Trinajstić information content (AvgIpc) is 2.45. The van der Waals surface area contributed by atoms with Gasteiger partial charge in [0.15, 0.2) is 0 Å². The second-order valence-corrected chi connectivity index (χ2v) is 8.60. The summed E-state index contributed by atoms with van der Waals surface area (Å²) in [4.78, 5) is 0.396. The Morgan fingerprint density at radius 2 is 1.86 bits per heavy atom. The van der Waals surface area contributed by atoms with Crippen LogP contribution in [0.15, 0.2) is 35.2 Å². The Hall–Kier alpha value is -0.910. The van der Waals surface area contributed by atoms with Gasteiger partial charge in [-0.1, -0.05) is 24.6 Å². The van der Waals surface area contributed by atoms with E-state index in [9.17, 15) is 8.42 Å². The molecule has 0 spiro atoms. The van der Waals surface area contributed by atoms with Gasteiger partial charge in [0.25, 0.3) is 0 Å². The van der Waals surface area contributed by atoms with E-state index in [2.05, 4.69) is 26.1 Å². The third-order valence-electron chi connectivity index (χ3n) is 3.79. The number of benzene rings is 1. The highest BCUT2D eigenvalue weighted by Crippen LogP contribution is 2.25. The molecule has 0 bridgehead atoms. The summed E-state index contributed by atoms with van der Waals surface area (Å²) in [7, 11) is -3.39. The lowest BCUT2D eigenvalue weighted by Crippen LogP contribution is -2.51. The predicted molar refractivity (Wildman–Crippen MR) is 85.7 cm³/mol. The number of hydrogen-bond donors (Lipinski definition) is 1. The molecule has 1 aromatic rings. The first-order valence-electron chi connectivity index (χ1n) is 7.63. The zero-order valence-corrected chi connectivity index (χ0v) is 14.0. The summed E-state index contributed by atoms with van der Waals surface area (Å²) in [5, 5.41) is 3.44. The molecule has 1 aliphatic rings. The molecular weight excluding hydrogens is 284 g/mol. The first-order chi connectivity index (χ1) is 9.81. The smallest absolute Gasteiger partial charge is 0.243 e. The van der Waals surface area contributed by atoms with Gasteiger partial charge in [-0.05, 0) is 45.7 Å². The van der Waals surface area contributed by atoms with Crippen LogP contribution in [0.4, 0.5) is 0 Å². The van der Waals surface area contributed by atoms with Crippen molar-refractivity contribution in [3.63, 3.8) is 0 Å². The molecule has 5 heteroatoms. The molecule has 118 valence electrons. The molecule has 1 atom stereocenters. The molecule has 0 radical (unpaired) electrons. The maximum absolute atomic E-state index is 12.8. The predicted octanol–water partition coefficient (Wildman–Crippen LogP) is 2.62. The third-order valence-corrected chi connectivity index (χ3v) is 5.76. The molecule has 1 aliphatic heterocycles. The van der Waals surface area contributed by atoms with E-state index in [0.717, 1.165) is 19.3 Å². The van der Waals surface area contributed by atoms with E-state index in [1.54, 1.807) is 28.6 Å². The van der Waals surface area contributed by atoms with Crippen molar-refractivity contribution < 1.29 is 8.42 Å². The van der Waals surface area contributed by atoms with E-state index >= 15 is 0 Å². The van der Waals surface area contributed by atoms with Gasteiger partial charge in [-0.25, -0.2) is 8.42 Å². The lowest BCUT2D eigenvalue weighted by Gasteiger charge is -2.36. The largest absolute Gasteiger partial charge is 0.310 e. The quantitative estimate of drug-likeness (QED) is 0.930. The standard InChI is InChI=1S/C16H26N2O2S/c1-16(2,3)17-13-14-9-7-8-12-18(14)21(19,20)15-10-5-4-6-11-15/h4-6,10-11,14,17H,7-9,12-13H2,1-3H3. The normalized spacial score (nSPS) is 21.4. The van der Waals surface area contributed by atoms with Crippen LogP contribution >= 0.6 is 0 Å². The zero-order valence-electron chi connectivity index (χ0n) is 13.2. The van der Waals surface area contributed by atoms with Gasteiger partial charge in [0.1, 0.15) is 0 Å². The van der Waals surface area contributed by atoms with Crippen molar-refractivity contribution in [2.75, 3.05) is 13.1 Å². The minimum Gasteiger partial charge on any atom is -0.310 e. The third kappa shape index (κ3) is 4.28. The van der Waals surface area contributed by atoms with Gasteiger partial charge in [0, 0.05) is 24.7 Å². The number of sulfonamides is 1. The number of nitrogens with one attached hydrogen (secondary N) is 1. The van der Waals surface area contributed by atoms with Gasteiger partial charge >= 0.3 is 0 Å². The maximum Gasteiger partial charge on any atom is 0.243 e. The van der Waals surface area contributed by atoms with Crippen LogP contribution < -0.4 is 5.32 Å². The molecule has 4 nitrogen and oxygen atoms in total. The van der Waals surface area contributed by atoms with Crippen LogP contribution in [-0.2, 0) is 10.0 Å². The Balaban J connectivity index is 2.18. The molecule has 0 aromatic heterocycles. The molecular formula is C16H26N2O2S. The average molecular weight is 310 g/mol. The van der Waals surface area contributed by atoms with Gasteiger partial charge in [0.05, 0.1) is 4.90 Å². The SMILES string of the molecule is CC(C)(C)NCC1CCCCN1S(=O)(=O)c1ccccc1. The second-order valence-electron chi connectivity index (χ2n) is 6.71. The number of rotatable bonds is 4. The fraction of sp³-hybridized carbons (Fsp3) is 0.625. The fourth-order valence-electron chi connectivity index (χ4n) is 2.65. The molecule has 1 N–H and O–H groups in total. The van der Waals surface area contributed by atoms with Crippen LogP contribution in [0.3, 0.4) is 0 Å². The Morgan fingerprint density at radius 3 is 2.48 bits per heavy atom. The minimum atomic E-state index is -3.39. The van der Waals surface area contributed by atoms with Crippen molar-refractivity contribution in [2.45, 2.75) is 56.5 Å². The number of hydrogen-bond acceptors (Lipinski definition) is 3. The second kappa shape index (κ2) is 6.46. The highest BCUT2D eigenvalue weighted by molar-refractivity contribution is 7.89. The molecule has 1 saturated heterocycles. The Kier molecular flexibility index (Phi) is 5.07. The lowest BCUT2D eigenvalue weighted by atomic mass is 10.0. The molecule has 1 fully saturated rings. The molecule has 2 rings (SSSR count). The molecule has 1 unspecified atom stereocenters. The summed E-state index contributed by atoms with van der Waals surface area (Å²) in [5.74, 6) is 0. The van der Waals surface area contributed by atoms with Crippen LogP contribution in [0, 0.1) is 0 Å². The summed E-state index contributed by atoms with van der Waals surface area (Å²) in [5.41, 5.74) is -0.000371. The van der Waals surface area contributed by atoms with Gasteiger partial charge in [-0.2, -0.15) is 4.31 Å². The summed E-state index contributed by atoms with van der Waals surface area (Å²) in [6.07, 6.45) is 2.96. The molecule has 1 aromatic carbocycles. The number of piperidine rings is 1. The summed E-state index contributed by atoms with van der Waals surface area (Å²) in [6.45, 7) is 7.63. The summed E-state index contributed by atoms with van der Waals surface area (Å²) >= 11 is 0. The lowest BCUT2D eigenvalue weighted by molar-refractivity contribution is 0.231. The van der Waals surface area contributed by atoms with Gasteiger partial charge < -0.3 is 5.32 Å². The van der Waals surface area contributed by atoms with E-state index in [1.165, 1.54) is 0 Å². The Labute approximate surface area is 128 Å². The van der Waals surface area contributed by atoms with E-state index in [-0.39, 0.29) is 11.6 Å². The van der Waals surface area contributed by atoms with Gasteiger partial charge in [0.2, 0.25) is 10.0 Å². The minimum absolute atomic E-state index is 0.000371. The van der Waals surface area contributed by atoms with Crippen molar-refractivity contribution in [2.24, 2.45) is 0 Å². The topological polar surface area (TPSA) is 49.4 Å². The van der Waals surface area contributed by atoms with Crippen molar-refractivity contribution in [1.82, 2.24) is 9.62 Å². The molecule has 0 saturated carbocycles. The van der Waals surface area contributed by atoms with Crippen LogP contribution in [0.25, 0.3) is 0 Å². The molecule has 1 heterocycles. The van der Waals surface area contributed by atoms with E-state index in [0.29, 0.717) is 18.0 Å². The van der Waals surface area contributed by atoms with Crippen LogP contribution in [0.2, 0.25) is 0 Å². The van der Waals surface area contributed by atoms with E-state index in [4.69, 9.17) is 0 Å². The van der Waals surface area contributed by atoms with Crippen LogP contribution in [0.5, 0.6) is 0 Å². The first kappa shape index (κ1) is 16.5. The van der Waals surface area contributed by atoms with Crippen molar-refractivity contribution in [3.8, 4) is 0 Å². The Morgan fingerprint density at radius 1 is 1.19 bits per heavy atom. The highest BCUT2D eigenvalue weighted by atomic mass is 32.2.